The van der Waals surface area contributed by atoms with Crippen molar-refractivity contribution in [3.8, 4) is 0 Å². The Labute approximate surface area is 143 Å². The minimum atomic E-state index is -0.0964. The van der Waals surface area contributed by atoms with Crippen molar-refractivity contribution in [3.05, 3.63) is 29.3 Å². The molecule has 1 aliphatic heterocycles. The van der Waals surface area contributed by atoms with Gasteiger partial charge in [0.15, 0.2) is 0 Å². The van der Waals surface area contributed by atoms with Crippen LogP contribution in [0.5, 0.6) is 0 Å². The van der Waals surface area contributed by atoms with E-state index in [1.807, 2.05) is 25.1 Å². The summed E-state index contributed by atoms with van der Waals surface area (Å²) in [5.74, 6) is 0.368. The molecule has 0 aromatic heterocycles. The van der Waals surface area contributed by atoms with E-state index in [1.165, 1.54) is 0 Å². The van der Waals surface area contributed by atoms with Gasteiger partial charge in [-0.3, -0.25) is 9.59 Å². The zero-order valence-electron chi connectivity index (χ0n) is 14.3. The number of anilines is 1. The van der Waals surface area contributed by atoms with Crippen molar-refractivity contribution in [2.24, 2.45) is 5.92 Å². The van der Waals surface area contributed by atoms with Gasteiger partial charge in [-0.15, -0.1) is 0 Å². The molecular weight excluding hydrogens is 304 g/mol. The smallest absolute Gasteiger partial charge is 0.253 e. The lowest BCUT2D eigenvalue weighted by Crippen LogP contribution is -2.39. The first-order chi connectivity index (χ1) is 11.6. The van der Waals surface area contributed by atoms with E-state index in [2.05, 4.69) is 5.32 Å². The Morgan fingerprint density at radius 2 is 2.04 bits per heavy atom. The molecule has 1 aliphatic carbocycles. The maximum atomic E-state index is 12.8. The number of aryl methyl sites for hydroxylation is 1. The van der Waals surface area contributed by atoms with Crippen LogP contribution in [0, 0.1) is 12.8 Å². The zero-order valence-corrected chi connectivity index (χ0v) is 14.3. The predicted octanol–water partition coefficient (Wildman–Crippen LogP) is 2.40. The van der Waals surface area contributed by atoms with Crippen LogP contribution >= 0.6 is 0 Å². The Hall–Kier alpha value is -1.88. The molecule has 1 saturated carbocycles. The van der Waals surface area contributed by atoms with E-state index >= 15 is 0 Å². The van der Waals surface area contributed by atoms with E-state index in [1.54, 1.807) is 4.90 Å². The number of carbonyl (C=O) groups is 2. The minimum Gasteiger partial charge on any atom is -0.396 e. The summed E-state index contributed by atoms with van der Waals surface area (Å²) in [6.45, 7) is 2.88. The Morgan fingerprint density at radius 3 is 2.67 bits per heavy atom. The lowest BCUT2D eigenvalue weighted by atomic mass is 9.86. The van der Waals surface area contributed by atoms with Crippen molar-refractivity contribution in [2.45, 2.75) is 51.5 Å². The lowest BCUT2D eigenvalue weighted by Gasteiger charge is -2.28. The van der Waals surface area contributed by atoms with Crippen molar-refractivity contribution in [3.63, 3.8) is 0 Å². The number of hydrogen-bond acceptors (Lipinski definition) is 3. The van der Waals surface area contributed by atoms with E-state index in [9.17, 15) is 14.7 Å². The molecule has 1 heterocycles. The number of carbonyl (C=O) groups excluding carboxylic acids is 2. The summed E-state index contributed by atoms with van der Waals surface area (Å²) >= 11 is 0. The third-order valence-electron chi connectivity index (χ3n) is 5.20. The zero-order chi connectivity index (χ0) is 17.1. The van der Waals surface area contributed by atoms with Crippen LogP contribution in [0.1, 0.15) is 54.4 Å². The lowest BCUT2D eigenvalue weighted by molar-refractivity contribution is -0.117. The number of nitrogens with zero attached hydrogens (tertiary/aromatic N) is 1. The number of aliphatic hydroxyl groups excluding tert-OH is 1. The van der Waals surface area contributed by atoms with Gasteiger partial charge in [0.2, 0.25) is 5.91 Å². The molecule has 130 valence electrons. The fourth-order valence-electron chi connectivity index (χ4n) is 3.72. The van der Waals surface area contributed by atoms with Gasteiger partial charge in [-0.05, 0) is 57.1 Å². The molecule has 2 N–H and O–H groups in total. The van der Waals surface area contributed by atoms with E-state index in [4.69, 9.17) is 0 Å². The monoisotopic (exact) mass is 330 g/mol. The van der Waals surface area contributed by atoms with Gasteiger partial charge in [-0.2, -0.15) is 0 Å². The van der Waals surface area contributed by atoms with Crippen molar-refractivity contribution >= 4 is 17.5 Å². The van der Waals surface area contributed by atoms with Crippen LogP contribution in [0.3, 0.4) is 0 Å². The molecule has 1 aromatic carbocycles. The van der Waals surface area contributed by atoms with Crippen molar-refractivity contribution in [2.75, 3.05) is 18.1 Å². The summed E-state index contributed by atoms with van der Waals surface area (Å²) in [6.07, 6.45) is 5.11. The van der Waals surface area contributed by atoms with Crippen LogP contribution in [0.2, 0.25) is 0 Å². The highest BCUT2D eigenvalue weighted by atomic mass is 16.3. The molecule has 1 aromatic rings. The van der Waals surface area contributed by atoms with Gasteiger partial charge in [0.25, 0.3) is 5.91 Å². The summed E-state index contributed by atoms with van der Waals surface area (Å²) in [5.41, 5.74) is 2.33. The summed E-state index contributed by atoms with van der Waals surface area (Å²) in [7, 11) is 0. The normalized spacial score (nSPS) is 24.2. The van der Waals surface area contributed by atoms with Crippen LogP contribution in [-0.2, 0) is 4.79 Å². The summed E-state index contributed by atoms with van der Waals surface area (Å²) in [6, 6.07) is 5.86. The third kappa shape index (κ3) is 3.61. The number of rotatable bonds is 4. The van der Waals surface area contributed by atoms with Crippen molar-refractivity contribution in [1.29, 1.82) is 0 Å². The summed E-state index contributed by atoms with van der Waals surface area (Å²) in [5, 5.41) is 12.4. The van der Waals surface area contributed by atoms with Crippen LogP contribution in [0.4, 0.5) is 5.69 Å². The highest BCUT2D eigenvalue weighted by Gasteiger charge is 2.27. The van der Waals surface area contributed by atoms with Gasteiger partial charge >= 0.3 is 0 Å². The van der Waals surface area contributed by atoms with E-state index in [0.29, 0.717) is 24.4 Å². The highest BCUT2D eigenvalue weighted by Crippen LogP contribution is 2.28. The second-order valence-electron chi connectivity index (χ2n) is 7.04. The maximum Gasteiger partial charge on any atom is 0.253 e. The number of amides is 2. The standard InChI is InChI=1S/C19H26N2O3/c1-13-4-9-17(21-10-2-3-18(21)23)16(11-13)19(24)20-15-7-5-14(12-22)6-8-15/h4,9,11,14-15,22H,2-3,5-8,10,12H2,1H3,(H,20,24). The minimum absolute atomic E-state index is 0.0938. The van der Waals surface area contributed by atoms with Gasteiger partial charge in [-0.1, -0.05) is 11.6 Å². The van der Waals surface area contributed by atoms with Gasteiger partial charge in [-0.25, -0.2) is 0 Å². The summed E-state index contributed by atoms with van der Waals surface area (Å²) < 4.78 is 0. The third-order valence-corrected chi connectivity index (χ3v) is 5.20. The van der Waals surface area contributed by atoms with Crippen molar-refractivity contribution in [1.82, 2.24) is 5.32 Å². The first-order valence-electron chi connectivity index (χ1n) is 8.91. The quantitative estimate of drug-likeness (QED) is 0.891. The fourth-order valence-corrected chi connectivity index (χ4v) is 3.72. The topological polar surface area (TPSA) is 69.6 Å². The predicted molar refractivity (Wildman–Crippen MR) is 93.1 cm³/mol. The molecule has 0 unspecified atom stereocenters. The SMILES string of the molecule is Cc1ccc(N2CCCC2=O)c(C(=O)NC2CCC(CO)CC2)c1. The molecule has 5 heteroatoms. The first-order valence-corrected chi connectivity index (χ1v) is 8.91. The van der Waals surface area contributed by atoms with Crippen molar-refractivity contribution < 1.29 is 14.7 Å². The number of aliphatic hydroxyl groups is 1. The highest BCUT2D eigenvalue weighted by molar-refractivity contribution is 6.05. The average molecular weight is 330 g/mol. The molecule has 0 bridgehead atoms. The molecule has 0 radical (unpaired) electrons. The Kier molecular flexibility index (Phi) is 5.19. The molecule has 3 rings (SSSR count). The van der Waals surface area contributed by atoms with E-state index in [0.717, 1.165) is 43.4 Å². The average Bonchev–Trinajstić information content (AvgIpc) is 3.01. The second kappa shape index (κ2) is 7.34. The van der Waals surface area contributed by atoms with Crippen LogP contribution in [0.25, 0.3) is 0 Å². The first kappa shape index (κ1) is 17.0. The van der Waals surface area contributed by atoms with Crippen LogP contribution in [-0.4, -0.2) is 36.1 Å². The molecule has 0 atom stereocenters. The molecule has 2 fully saturated rings. The van der Waals surface area contributed by atoms with Crippen LogP contribution in [0.15, 0.2) is 18.2 Å². The van der Waals surface area contributed by atoms with Gasteiger partial charge in [0.1, 0.15) is 0 Å². The Balaban J connectivity index is 1.74. The maximum absolute atomic E-state index is 12.8. The number of nitrogens with one attached hydrogen (secondary N) is 1. The molecule has 1 saturated heterocycles. The Morgan fingerprint density at radius 1 is 1.29 bits per heavy atom. The fraction of sp³-hybridized carbons (Fsp3) is 0.579. The van der Waals surface area contributed by atoms with E-state index in [-0.39, 0.29) is 24.5 Å². The van der Waals surface area contributed by atoms with Gasteiger partial charge in [0.05, 0.1) is 11.3 Å². The van der Waals surface area contributed by atoms with Gasteiger partial charge < -0.3 is 15.3 Å². The second-order valence-corrected chi connectivity index (χ2v) is 7.04. The Bertz CT molecular complexity index is 621. The van der Waals surface area contributed by atoms with Gasteiger partial charge in [0, 0.05) is 25.6 Å². The summed E-state index contributed by atoms with van der Waals surface area (Å²) in [4.78, 5) is 26.6. The number of benzene rings is 1. The van der Waals surface area contributed by atoms with E-state index < -0.39 is 0 Å². The largest absolute Gasteiger partial charge is 0.396 e. The molecule has 0 spiro atoms. The molecule has 5 nitrogen and oxygen atoms in total. The number of hydrogen-bond donors (Lipinski definition) is 2. The molecular formula is C19H26N2O3. The van der Waals surface area contributed by atoms with Crippen LogP contribution < -0.4 is 10.2 Å². The molecule has 2 amide bonds. The molecule has 24 heavy (non-hydrogen) atoms. The molecule has 2 aliphatic rings.